The van der Waals surface area contributed by atoms with Gasteiger partial charge in [0.15, 0.2) is 0 Å². The van der Waals surface area contributed by atoms with Gasteiger partial charge in [-0.15, -0.1) is 0 Å². The Labute approximate surface area is 374 Å². The molecule has 0 bridgehead atoms. The van der Waals surface area contributed by atoms with Crippen LogP contribution in [0.15, 0.2) is 6.07 Å². The molecule has 0 spiro atoms. The second-order valence-electron chi connectivity index (χ2n) is 18.3. The van der Waals surface area contributed by atoms with Crippen LogP contribution in [0.3, 0.4) is 0 Å². The summed E-state index contributed by atoms with van der Waals surface area (Å²) in [6.07, 6.45) is 60.3. The molecule has 341 valence electrons. The van der Waals surface area contributed by atoms with E-state index in [9.17, 15) is 5.11 Å². The van der Waals surface area contributed by atoms with Crippen LogP contribution in [0.4, 0.5) is 0 Å². The zero-order chi connectivity index (χ0) is 42.4. The fourth-order valence-corrected chi connectivity index (χ4v) is 9.16. The van der Waals surface area contributed by atoms with Crippen molar-refractivity contribution in [1.82, 2.24) is 0 Å². The van der Waals surface area contributed by atoms with E-state index in [1.807, 2.05) is 0 Å². The molecule has 0 radical (unpaired) electrons. The van der Waals surface area contributed by atoms with E-state index in [4.69, 9.17) is 7.01 Å². The minimum absolute atomic E-state index is 0.645. The summed E-state index contributed by atoms with van der Waals surface area (Å²) in [4.78, 5) is 0. The first-order valence-corrected chi connectivity index (χ1v) is 27.8. The summed E-state index contributed by atoms with van der Waals surface area (Å²) in [7, 11) is 0. The number of aromatic hydroxyl groups is 1. The SMILES string of the molecule is CCCCCCCCCCCCc1cc(O)c(CCCCCCCCCCCC)c(CCCCCCCCCCCC)c1CCCCCCCCCCCC.[O]=[Ti][OH]. The molecule has 0 atom stereocenters. The Bertz CT molecular complexity index is 978. The number of benzene rings is 1. The third kappa shape index (κ3) is 36.2. The topological polar surface area (TPSA) is 57.5 Å². The first-order valence-electron chi connectivity index (χ1n) is 26.5. The number of hydrogen-bond donors (Lipinski definition) is 2. The summed E-state index contributed by atoms with van der Waals surface area (Å²) in [6, 6.07) is 2.27. The molecule has 0 aliphatic heterocycles. The monoisotopic (exact) mass is 848 g/mol. The van der Waals surface area contributed by atoms with Gasteiger partial charge in [-0.25, -0.2) is 0 Å². The van der Waals surface area contributed by atoms with E-state index >= 15 is 0 Å². The van der Waals surface area contributed by atoms with Crippen LogP contribution in [0.25, 0.3) is 0 Å². The summed E-state index contributed by atoms with van der Waals surface area (Å²) < 4.78 is 15.8. The van der Waals surface area contributed by atoms with E-state index in [2.05, 4.69) is 33.8 Å². The van der Waals surface area contributed by atoms with Gasteiger partial charge in [0, 0.05) is 0 Å². The van der Waals surface area contributed by atoms with Gasteiger partial charge in [-0.05, 0) is 79.7 Å². The van der Waals surface area contributed by atoms with Crippen LogP contribution < -0.4 is 0 Å². The molecule has 3 nitrogen and oxygen atoms in total. The fraction of sp³-hybridized carbons (Fsp3) is 0.889. The van der Waals surface area contributed by atoms with Crippen LogP contribution >= 0.6 is 0 Å². The Morgan fingerprint density at radius 1 is 0.328 bits per heavy atom. The van der Waals surface area contributed by atoms with E-state index in [0.29, 0.717) is 5.75 Å². The van der Waals surface area contributed by atoms with Crippen molar-refractivity contribution < 1.29 is 31.6 Å². The third-order valence-electron chi connectivity index (χ3n) is 12.9. The summed E-state index contributed by atoms with van der Waals surface area (Å²) in [6.45, 7) is 9.27. The molecule has 1 aromatic carbocycles. The van der Waals surface area contributed by atoms with Gasteiger partial charge in [0.05, 0.1) is 0 Å². The second kappa shape index (κ2) is 47.5. The van der Waals surface area contributed by atoms with Crippen LogP contribution in [-0.4, -0.2) is 8.79 Å². The number of unbranched alkanes of at least 4 members (excludes halogenated alkanes) is 36. The Morgan fingerprint density at radius 3 is 0.810 bits per heavy atom. The van der Waals surface area contributed by atoms with Crippen molar-refractivity contribution in [3.63, 3.8) is 0 Å². The second-order valence-corrected chi connectivity index (χ2v) is 18.6. The van der Waals surface area contributed by atoms with Gasteiger partial charge in [-0.1, -0.05) is 259 Å². The van der Waals surface area contributed by atoms with Crippen LogP contribution in [0.1, 0.15) is 307 Å². The molecule has 0 fully saturated rings. The molecule has 0 aliphatic carbocycles. The van der Waals surface area contributed by atoms with Crippen LogP contribution in [0.2, 0.25) is 0 Å². The van der Waals surface area contributed by atoms with Crippen LogP contribution in [0, 0.1) is 0 Å². The van der Waals surface area contributed by atoms with E-state index in [0.717, 1.165) is 6.42 Å². The van der Waals surface area contributed by atoms with Crippen LogP contribution in [-0.2, 0) is 48.5 Å². The van der Waals surface area contributed by atoms with Gasteiger partial charge in [-0.3, -0.25) is 0 Å². The van der Waals surface area contributed by atoms with Gasteiger partial charge in [0.2, 0.25) is 0 Å². The molecule has 0 unspecified atom stereocenters. The zero-order valence-electron chi connectivity index (χ0n) is 40.0. The maximum absolute atomic E-state index is 11.7. The first-order chi connectivity index (χ1) is 28.6. The van der Waals surface area contributed by atoms with Crippen molar-refractivity contribution in [3.8, 4) is 5.75 Å². The standard InChI is InChI=1S/C54H102O.H2O.O.Ti/c1-5-9-13-17-21-25-29-33-37-41-45-50-49-54(55)53(48-44-40-36-32-28-24-20-16-12-8-4)52(47-43-39-35-31-27-23-19-15-11-7-3)51(50)46-42-38-34-30-26-22-18-14-10-6-2;;;/h49,55H,5-48H2,1-4H3;1H2;;/q;;;+1/p-1. The third-order valence-corrected chi connectivity index (χ3v) is 12.9. The van der Waals surface area contributed by atoms with Crippen molar-refractivity contribution in [2.75, 3.05) is 0 Å². The summed E-state index contributed by atoms with van der Waals surface area (Å²) in [5, 5.41) is 11.7. The number of phenolic OH excluding ortho intramolecular Hbond substituents is 1. The zero-order valence-corrected chi connectivity index (χ0v) is 41.6. The Morgan fingerprint density at radius 2 is 0.534 bits per heavy atom. The van der Waals surface area contributed by atoms with E-state index < -0.39 is 19.5 Å². The van der Waals surface area contributed by atoms with E-state index in [1.54, 1.807) is 11.1 Å². The predicted molar refractivity (Wildman–Crippen MR) is 253 cm³/mol. The molecule has 0 saturated heterocycles. The maximum atomic E-state index is 11.7. The van der Waals surface area contributed by atoms with Crippen molar-refractivity contribution >= 4 is 0 Å². The van der Waals surface area contributed by atoms with E-state index in [-0.39, 0.29) is 0 Å². The molecule has 1 aromatic rings. The minimum atomic E-state index is -1.75. The molecule has 4 heteroatoms. The molecular formula is C54H103O3Ti. The van der Waals surface area contributed by atoms with Crippen molar-refractivity contribution in [1.29, 1.82) is 0 Å². The van der Waals surface area contributed by atoms with Gasteiger partial charge >= 0.3 is 26.5 Å². The first kappa shape index (κ1) is 57.5. The molecule has 0 aromatic heterocycles. The molecule has 0 heterocycles. The Balaban J connectivity index is 0.0000105. The Kier molecular flexibility index (Phi) is 47.1. The number of aryl methyl sites for hydroxylation is 1. The molecule has 2 N–H and O–H groups in total. The average Bonchev–Trinajstić information content (AvgIpc) is 3.22. The molecular weight excluding hydrogens is 744 g/mol. The van der Waals surface area contributed by atoms with Gasteiger partial charge in [0.25, 0.3) is 0 Å². The number of rotatable bonds is 44. The normalized spacial score (nSPS) is 11.2. The van der Waals surface area contributed by atoms with Gasteiger partial charge < -0.3 is 5.11 Å². The molecule has 0 amide bonds. The van der Waals surface area contributed by atoms with Crippen LogP contribution in [0.5, 0.6) is 5.75 Å². The molecule has 58 heavy (non-hydrogen) atoms. The summed E-state index contributed by atoms with van der Waals surface area (Å²) in [5.41, 5.74) is 6.16. The quantitative estimate of drug-likeness (QED) is 0.0508. The molecule has 1 rings (SSSR count). The fourth-order valence-electron chi connectivity index (χ4n) is 9.16. The molecule has 0 aliphatic rings. The van der Waals surface area contributed by atoms with Crippen molar-refractivity contribution in [2.45, 2.75) is 310 Å². The molecule has 0 saturated carbocycles. The average molecular weight is 848 g/mol. The van der Waals surface area contributed by atoms with E-state index in [1.165, 1.54) is 287 Å². The number of phenols is 1. The number of hydrogen-bond acceptors (Lipinski definition) is 2. The van der Waals surface area contributed by atoms with Crippen molar-refractivity contribution in [3.05, 3.63) is 28.3 Å². The van der Waals surface area contributed by atoms with Gasteiger partial charge in [0.1, 0.15) is 5.75 Å². The van der Waals surface area contributed by atoms with Gasteiger partial charge in [-0.2, -0.15) is 0 Å². The summed E-state index contributed by atoms with van der Waals surface area (Å²) >= 11 is -1.75. The Hall–Kier alpha value is -0.506. The van der Waals surface area contributed by atoms with Crippen molar-refractivity contribution in [2.24, 2.45) is 0 Å². The predicted octanol–water partition coefficient (Wildman–Crippen LogP) is 18.6. The summed E-state index contributed by atoms with van der Waals surface area (Å²) in [5.74, 6) is 0.645.